The number of rotatable bonds is 6. The van der Waals surface area contributed by atoms with Crippen LogP contribution in [0.2, 0.25) is 0 Å². The van der Waals surface area contributed by atoms with E-state index in [-0.39, 0.29) is 13.3 Å². The van der Waals surface area contributed by atoms with Crippen LogP contribution in [0.1, 0.15) is 6.42 Å². The van der Waals surface area contributed by atoms with Gasteiger partial charge in [0, 0.05) is 0 Å². The van der Waals surface area contributed by atoms with E-state index in [2.05, 4.69) is 20.6 Å². The molecule has 0 aliphatic carbocycles. The molecular formula is C7H8N4O4. The van der Waals surface area contributed by atoms with Crippen LogP contribution in [0.25, 0.3) is 0 Å². The van der Waals surface area contributed by atoms with Gasteiger partial charge in [-0.3, -0.25) is 9.59 Å². The van der Waals surface area contributed by atoms with Crippen LogP contribution in [0, 0.1) is 0 Å². The second-order valence-electron chi connectivity index (χ2n) is 2.19. The van der Waals surface area contributed by atoms with Crippen molar-refractivity contribution >= 4 is 24.0 Å². The molecule has 0 saturated carbocycles. The van der Waals surface area contributed by atoms with E-state index in [9.17, 15) is 19.2 Å². The smallest absolute Gasteiger partial charge is 0.236 e. The molecule has 0 radical (unpaired) electrons. The third-order valence-electron chi connectivity index (χ3n) is 1.16. The Bertz CT molecular complexity index is 296. The largest absolute Gasteiger partial charge is 0.336 e. The van der Waals surface area contributed by atoms with Gasteiger partial charge in [0.2, 0.25) is 24.0 Å². The van der Waals surface area contributed by atoms with E-state index in [0.29, 0.717) is 0 Å². The third-order valence-corrected chi connectivity index (χ3v) is 1.16. The molecule has 0 unspecified atom stereocenters. The molecule has 0 atom stereocenters. The van der Waals surface area contributed by atoms with Crippen molar-refractivity contribution in [3.05, 3.63) is 0 Å². The molecule has 8 nitrogen and oxygen atoms in total. The number of aliphatic imine (C=N–C) groups is 2. The number of nitrogens with one attached hydrogen (secondary N) is 2. The number of amides is 2. The Morgan fingerprint density at radius 1 is 0.933 bits per heavy atom. The Morgan fingerprint density at radius 2 is 1.33 bits per heavy atom. The molecule has 0 aromatic heterocycles. The summed E-state index contributed by atoms with van der Waals surface area (Å²) in [4.78, 5) is 47.1. The van der Waals surface area contributed by atoms with E-state index in [1.807, 2.05) is 0 Å². The van der Waals surface area contributed by atoms with Crippen molar-refractivity contribution in [1.29, 1.82) is 0 Å². The topological polar surface area (TPSA) is 117 Å². The molecule has 0 aromatic carbocycles. The van der Waals surface area contributed by atoms with E-state index >= 15 is 0 Å². The van der Waals surface area contributed by atoms with Gasteiger partial charge in [0.05, 0.1) is 0 Å². The van der Waals surface area contributed by atoms with Gasteiger partial charge in [0.15, 0.2) is 0 Å². The summed E-state index contributed by atoms with van der Waals surface area (Å²) in [5.74, 6) is -1.19. The van der Waals surface area contributed by atoms with Crippen LogP contribution in [-0.2, 0) is 19.2 Å². The molecule has 0 aliphatic heterocycles. The maximum Gasteiger partial charge on any atom is 0.236 e. The van der Waals surface area contributed by atoms with Crippen LogP contribution >= 0.6 is 0 Å². The molecule has 0 aliphatic rings. The summed E-state index contributed by atoms with van der Waals surface area (Å²) in [6.07, 6.45) is 2.01. The van der Waals surface area contributed by atoms with Crippen LogP contribution in [0.4, 0.5) is 0 Å². The predicted molar refractivity (Wildman–Crippen MR) is 46.9 cm³/mol. The van der Waals surface area contributed by atoms with Crippen molar-refractivity contribution in [2.45, 2.75) is 6.42 Å². The summed E-state index contributed by atoms with van der Waals surface area (Å²) in [7, 11) is 0. The minimum atomic E-state index is -0.596. The first kappa shape index (κ1) is 12.7. The number of nitrogens with zero attached hydrogens (tertiary/aromatic N) is 2. The summed E-state index contributed by atoms with van der Waals surface area (Å²) in [6, 6.07) is 0. The van der Waals surface area contributed by atoms with Crippen LogP contribution in [0.15, 0.2) is 9.98 Å². The zero-order valence-corrected chi connectivity index (χ0v) is 7.65. The fourth-order valence-electron chi connectivity index (χ4n) is 0.591. The highest BCUT2D eigenvalue weighted by atomic mass is 16.2. The van der Waals surface area contributed by atoms with E-state index < -0.39 is 18.2 Å². The fraction of sp³-hybridized carbons (Fsp3) is 0.429. The molecule has 0 aromatic rings. The van der Waals surface area contributed by atoms with Crippen molar-refractivity contribution < 1.29 is 19.2 Å². The average Bonchev–Trinajstić information content (AvgIpc) is 2.18. The van der Waals surface area contributed by atoms with Crippen molar-refractivity contribution in [1.82, 2.24) is 10.6 Å². The predicted octanol–water partition coefficient (Wildman–Crippen LogP) is -1.80. The second-order valence-corrected chi connectivity index (χ2v) is 2.19. The van der Waals surface area contributed by atoms with Gasteiger partial charge < -0.3 is 10.6 Å². The van der Waals surface area contributed by atoms with Crippen molar-refractivity contribution in [2.24, 2.45) is 9.98 Å². The zero-order chi connectivity index (χ0) is 11.5. The normalized spacial score (nSPS) is 8.00. The Hall–Kier alpha value is -2.30. The molecular weight excluding hydrogens is 204 g/mol. The quantitative estimate of drug-likeness (QED) is 0.306. The minimum Gasteiger partial charge on any atom is -0.336 e. The van der Waals surface area contributed by atoms with Gasteiger partial charge in [-0.25, -0.2) is 9.59 Å². The van der Waals surface area contributed by atoms with Crippen LogP contribution in [0.3, 0.4) is 0 Å². The Kier molecular flexibility index (Phi) is 7.03. The molecule has 2 amide bonds. The van der Waals surface area contributed by atoms with Gasteiger partial charge in [-0.05, 0) is 0 Å². The minimum absolute atomic E-state index is 0.220. The number of carbonyl (C=O) groups is 2. The van der Waals surface area contributed by atoms with Crippen molar-refractivity contribution in [2.75, 3.05) is 13.3 Å². The number of isocyanates is 2. The lowest BCUT2D eigenvalue weighted by molar-refractivity contribution is -0.129. The Morgan fingerprint density at radius 3 is 1.67 bits per heavy atom. The van der Waals surface area contributed by atoms with Gasteiger partial charge in [0.1, 0.15) is 19.8 Å². The fourth-order valence-corrected chi connectivity index (χ4v) is 0.591. The third kappa shape index (κ3) is 8.04. The summed E-state index contributed by atoms with van der Waals surface area (Å²) in [5, 5.41) is 4.34. The molecule has 0 saturated heterocycles. The van der Waals surface area contributed by atoms with Gasteiger partial charge in [0.25, 0.3) is 0 Å². The molecule has 8 heteroatoms. The van der Waals surface area contributed by atoms with Crippen LogP contribution < -0.4 is 10.6 Å². The maximum absolute atomic E-state index is 10.9. The Balaban J connectivity index is 3.70. The number of hydrogen-bond acceptors (Lipinski definition) is 6. The van der Waals surface area contributed by atoms with E-state index in [0.717, 1.165) is 0 Å². The molecule has 0 spiro atoms. The first-order chi connectivity index (χ1) is 7.20. The zero-order valence-electron chi connectivity index (χ0n) is 7.65. The van der Waals surface area contributed by atoms with Crippen molar-refractivity contribution in [3.8, 4) is 0 Å². The van der Waals surface area contributed by atoms with E-state index in [1.165, 1.54) is 12.2 Å². The molecule has 15 heavy (non-hydrogen) atoms. The molecule has 0 heterocycles. The lowest BCUT2D eigenvalue weighted by Gasteiger charge is -2.00. The van der Waals surface area contributed by atoms with Gasteiger partial charge in [-0.1, -0.05) is 0 Å². The summed E-state index contributed by atoms with van der Waals surface area (Å²) < 4.78 is 0. The summed E-state index contributed by atoms with van der Waals surface area (Å²) in [5.41, 5.74) is 0. The van der Waals surface area contributed by atoms with Crippen molar-refractivity contribution in [3.63, 3.8) is 0 Å². The van der Waals surface area contributed by atoms with Crippen LogP contribution in [-0.4, -0.2) is 37.3 Å². The number of carbonyl (C=O) groups excluding carboxylic acids is 4. The number of hydrogen-bond donors (Lipinski definition) is 2. The highest BCUT2D eigenvalue weighted by Gasteiger charge is 2.07. The van der Waals surface area contributed by atoms with Gasteiger partial charge in [-0.15, -0.1) is 0 Å². The summed E-state index contributed by atoms with van der Waals surface area (Å²) >= 11 is 0. The Labute approximate surface area is 84.5 Å². The lowest BCUT2D eigenvalue weighted by atomic mass is 10.4. The summed E-state index contributed by atoms with van der Waals surface area (Å²) in [6.45, 7) is -0.440. The molecule has 0 rings (SSSR count). The second kappa shape index (κ2) is 8.31. The monoisotopic (exact) mass is 212 g/mol. The maximum atomic E-state index is 10.9. The lowest BCUT2D eigenvalue weighted by Crippen LogP contribution is -2.32. The highest BCUT2D eigenvalue weighted by molar-refractivity contribution is 5.96. The van der Waals surface area contributed by atoms with E-state index in [1.54, 1.807) is 0 Å². The van der Waals surface area contributed by atoms with E-state index in [4.69, 9.17) is 0 Å². The highest BCUT2D eigenvalue weighted by Crippen LogP contribution is 1.79. The standard InChI is InChI=1S/C7H8N4O4/c12-4-8-2-10-6(14)1-7(15)11-3-9-5-13/h1-3H2,(H,10,14)(H,11,15). The first-order valence-corrected chi connectivity index (χ1v) is 3.81. The molecule has 0 bridgehead atoms. The SMILES string of the molecule is O=C=NCNC(=O)CC(=O)NCN=C=O. The average molecular weight is 212 g/mol. The van der Waals surface area contributed by atoms with Crippen LogP contribution in [0.5, 0.6) is 0 Å². The molecule has 80 valence electrons. The van der Waals surface area contributed by atoms with Gasteiger partial charge in [-0.2, -0.15) is 9.98 Å². The van der Waals surface area contributed by atoms with Gasteiger partial charge >= 0.3 is 0 Å². The molecule has 2 N–H and O–H groups in total. The first-order valence-electron chi connectivity index (χ1n) is 3.81. The molecule has 0 fully saturated rings.